The Kier molecular flexibility index (Phi) is 14.2. The summed E-state index contributed by atoms with van der Waals surface area (Å²) in [6, 6.07) is 40.1. The Hall–Kier alpha value is -7.23. The molecule has 0 spiro atoms. The third-order valence-corrected chi connectivity index (χ3v) is 9.79. The first-order valence-electron chi connectivity index (χ1n) is 18.7. The summed E-state index contributed by atoms with van der Waals surface area (Å²) in [5, 5.41) is 20.5. The van der Waals surface area contributed by atoms with E-state index in [0.717, 1.165) is 51.5 Å². The number of halogens is 1. The normalized spacial score (nSPS) is 10.9. The molecule has 6 rings (SSSR count). The first-order chi connectivity index (χ1) is 28.9. The van der Waals surface area contributed by atoms with Crippen molar-refractivity contribution in [3.63, 3.8) is 0 Å². The number of nitriles is 2. The second-order valence-corrected chi connectivity index (χ2v) is 13.7. The van der Waals surface area contributed by atoms with Crippen LogP contribution in [0, 0.1) is 29.6 Å². The molecule has 0 saturated heterocycles. The van der Waals surface area contributed by atoms with Crippen LogP contribution in [-0.4, -0.2) is 46.1 Å². The van der Waals surface area contributed by atoms with Crippen LogP contribution in [0.5, 0.6) is 17.2 Å². The minimum atomic E-state index is 0.197. The summed E-state index contributed by atoms with van der Waals surface area (Å²) in [5.74, 6) is 1.49. The number of carbonyl (C=O) groups excluding carboxylic acids is 2. The number of hydrogen-bond acceptors (Lipinski definition) is 8. The highest BCUT2D eigenvalue weighted by molar-refractivity contribution is 6.32. The maximum absolute atomic E-state index is 12.1. The summed E-state index contributed by atoms with van der Waals surface area (Å²) in [6.07, 6.45) is 8.82. The van der Waals surface area contributed by atoms with Crippen molar-refractivity contribution < 1.29 is 28.5 Å². The van der Waals surface area contributed by atoms with Gasteiger partial charge in [-0.25, -0.2) is 0 Å². The number of aryl methyl sites for hydroxylation is 1. The Morgan fingerprint density at radius 3 is 1.71 bits per heavy atom. The van der Waals surface area contributed by atoms with Gasteiger partial charge in [-0.2, -0.15) is 10.5 Å². The van der Waals surface area contributed by atoms with Crippen LogP contribution in [-0.2, 0) is 4.74 Å². The zero-order valence-corrected chi connectivity index (χ0v) is 33.2. The second kappa shape index (κ2) is 20.3. The zero-order chi connectivity index (χ0) is 41.6. The van der Waals surface area contributed by atoms with Crippen molar-refractivity contribution in [1.29, 1.82) is 10.5 Å². The van der Waals surface area contributed by atoms with Gasteiger partial charge < -0.3 is 18.9 Å². The highest BCUT2D eigenvalue weighted by Crippen LogP contribution is 2.32. The Morgan fingerprint density at radius 2 is 1.10 bits per heavy atom. The summed E-state index contributed by atoms with van der Waals surface area (Å²) in [7, 11) is 1.58. The number of rotatable bonds is 17. The van der Waals surface area contributed by atoms with Gasteiger partial charge in [-0.3, -0.25) is 9.59 Å². The van der Waals surface area contributed by atoms with E-state index in [2.05, 4.69) is 12.1 Å². The number of hydrogen-bond donors (Lipinski definition) is 0. The van der Waals surface area contributed by atoms with Gasteiger partial charge in [0, 0.05) is 23.8 Å². The molecule has 0 aliphatic heterocycles. The number of aldehydes is 2. The maximum Gasteiger partial charge on any atom is 0.153 e. The van der Waals surface area contributed by atoms with E-state index in [1.54, 1.807) is 37.5 Å². The predicted octanol–water partition coefficient (Wildman–Crippen LogP) is 11.2. The van der Waals surface area contributed by atoms with Crippen LogP contribution in [0.25, 0.3) is 46.6 Å². The average molecular weight is 799 g/mol. The lowest BCUT2D eigenvalue weighted by Crippen LogP contribution is -2.10. The Balaban J connectivity index is 1.09. The molecule has 6 aromatic rings. The van der Waals surface area contributed by atoms with Gasteiger partial charge in [0.1, 0.15) is 49.2 Å². The first-order valence-corrected chi connectivity index (χ1v) is 19.1. The molecular formula is C50H39ClN2O6. The molecule has 292 valence electrons. The largest absolute Gasteiger partial charge is 0.490 e. The molecule has 8 nitrogen and oxygen atoms in total. The number of benzene rings is 6. The number of nitrogens with zero attached hydrogens (tertiary/aromatic N) is 2. The van der Waals surface area contributed by atoms with Gasteiger partial charge in [0.2, 0.25) is 0 Å². The minimum absolute atomic E-state index is 0.197. The fourth-order valence-corrected chi connectivity index (χ4v) is 6.68. The van der Waals surface area contributed by atoms with Crippen molar-refractivity contribution in [3.8, 4) is 51.6 Å². The van der Waals surface area contributed by atoms with E-state index in [1.807, 2.05) is 116 Å². The molecule has 0 N–H and O–H groups in total. The van der Waals surface area contributed by atoms with Gasteiger partial charge in [-0.05, 0) is 82.3 Å². The predicted molar refractivity (Wildman–Crippen MR) is 233 cm³/mol. The average Bonchev–Trinajstić information content (AvgIpc) is 3.27. The highest BCUT2D eigenvalue weighted by Gasteiger charge is 2.13. The van der Waals surface area contributed by atoms with Gasteiger partial charge in [0.15, 0.2) is 12.6 Å². The van der Waals surface area contributed by atoms with Crippen LogP contribution >= 0.6 is 11.6 Å². The fraction of sp³-hybridized carbons (Fsp3) is 0.120. The third-order valence-electron chi connectivity index (χ3n) is 9.50. The van der Waals surface area contributed by atoms with Gasteiger partial charge in [0.05, 0.1) is 28.3 Å². The van der Waals surface area contributed by atoms with E-state index in [-0.39, 0.29) is 13.2 Å². The Labute approximate surface area is 348 Å². The first kappa shape index (κ1) is 41.4. The van der Waals surface area contributed by atoms with Crippen molar-refractivity contribution >= 4 is 48.5 Å². The Bertz CT molecular complexity index is 2600. The molecule has 9 heteroatoms. The molecule has 0 radical (unpaired) electrons. The molecular weight excluding hydrogens is 760 g/mol. The molecule has 6 aromatic carbocycles. The summed E-state index contributed by atoms with van der Waals surface area (Å²) in [4.78, 5) is 23.9. The lowest BCUT2D eigenvalue weighted by molar-refractivity contribution is 0.111. The molecule has 0 aliphatic rings. The lowest BCUT2D eigenvalue weighted by atomic mass is 9.95. The summed E-state index contributed by atoms with van der Waals surface area (Å²) >= 11 is 6.32. The van der Waals surface area contributed by atoms with Gasteiger partial charge in [-0.15, -0.1) is 0 Å². The van der Waals surface area contributed by atoms with E-state index in [9.17, 15) is 20.1 Å². The number of carbonyl (C=O) groups is 2. The monoisotopic (exact) mass is 798 g/mol. The zero-order valence-electron chi connectivity index (χ0n) is 32.5. The third kappa shape index (κ3) is 10.2. The van der Waals surface area contributed by atoms with Crippen molar-refractivity contribution in [2.45, 2.75) is 6.92 Å². The molecule has 0 aliphatic carbocycles. The Morgan fingerprint density at radius 1 is 0.542 bits per heavy atom. The summed E-state index contributed by atoms with van der Waals surface area (Å²) < 4.78 is 22.7. The maximum atomic E-state index is 12.1. The van der Waals surface area contributed by atoms with Gasteiger partial charge in [-0.1, -0.05) is 115 Å². The number of methoxy groups -OCH3 is 1. The summed E-state index contributed by atoms with van der Waals surface area (Å²) in [5.41, 5.74) is 9.00. The molecule has 0 fully saturated rings. The molecule has 0 bridgehead atoms. The topological polar surface area (TPSA) is 119 Å². The molecule has 0 unspecified atom stereocenters. The molecule has 0 amide bonds. The SMILES string of the molecule is COCCOc1cc(/C=C/c2cccc(-c3ccc(OCCOc4cc(C)c(/C=C/c5cccc(-c6ccccc6)c5C#N)cc4C=O)cc3)c2C#N)c(C=O)cc1Cl. The van der Waals surface area contributed by atoms with Crippen LogP contribution in [0.4, 0.5) is 0 Å². The van der Waals surface area contributed by atoms with Gasteiger partial charge in [0.25, 0.3) is 0 Å². The van der Waals surface area contributed by atoms with E-state index in [4.69, 9.17) is 30.5 Å². The van der Waals surface area contributed by atoms with Crippen LogP contribution < -0.4 is 14.2 Å². The quantitative estimate of drug-likeness (QED) is 0.0508. The molecule has 0 heterocycles. The molecule has 0 atom stereocenters. The van der Waals surface area contributed by atoms with E-state index >= 15 is 0 Å². The van der Waals surface area contributed by atoms with E-state index in [0.29, 0.717) is 68.9 Å². The molecule has 0 saturated carbocycles. The van der Waals surface area contributed by atoms with Crippen molar-refractivity contribution in [2.75, 3.05) is 33.5 Å². The molecule has 0 aromatic heterocycles. The fourth-order valence-electron chi connectivity index (χ4n) is 6.46. The standard InChI is InChI=1S/C50H39ClN2O6/c1-34-26-49(42(33-55)27-39(34)16-14-36-10-6-12-44(46(36)30-52)35-8-4-3-5-9-35)58-25-24-57-43-20-18-38(19-21-43)45-13-7-11-37(47(45)31-53)15-17-40-29-50(59-23-22-56-2)48(51)28-41(40)32-54/h3-21,26-29,32-33H,22-25H2,1-2H3/b16-14+,17-15+. The smallest absolute Gasteiger partial charge is 0.153 e. The number of ether oxygens (including phenoxy) is 4. The van der Waals surface area contributed by atoms with Crippen molar-refractivity contribution in [2.24, 2.45) is 0 Å². The van der Waals surface area contributed by atoms with Crippen LogP contribution in [0.3, 0.4) is 0 Å². The summed E-state index contributed by atoms with van der Waals surface area (Å²) in [6.45, 7) is 3.04. The second-order valence-electron chi connectivity index (χ2n) is 13.3. The highest BCUT2D eigenvalue weighted by atomic mass is 35.5. The lowest BCUT2D eigenvalue weighted by Gasteiger charge is -2.13. The van der Waals surface area contributed by atoms with E-state index in [1.165, 1.54) is 0 Å². The van der Waals surface area contributed by atoms with Crippen LogP contribution in [0.1, 0.15) is 59.7 Å². The molecule has 59 heavy (non-hydrogen) atoms. The van der Waals surface area contributed by atoms with Crippen molar-refractivity contribution in [1.82, 2.24) is 0 Å². The minimum Gasteiger partial charge on any atom is -0.490 e. The van der Waals surface area contributed by atoms with Gasteiger partial charge >= 0.3 is 0 Å². The van der Waals surface area contributed by atoms with Crippen molar-refractivity contribution in [3.05, 3.63) is 170 Å². The van der Waals surface area contributed by atoms with E-state index < -0.39 is 0 Å². The van der Waals surface area contributed by atoms with Crippen LogP contribution in [0.15, 0.2) is 115 Å². The van der Waals surface area contributed by atoms with Crippen LogP contribution in [0.2, 0.25) is 5.02 Å².